The van der Waals surface area contributed by atoms with Crippen LogP contribution in [0.2, 0.25) is 5.02 Å². The molecule has 0 aliphatic carbocycles. The topological polar surface area (TPSA) is 21.3 Å². The van der Waals surface area contributed by atoms with Gasteiger partial charge in [0, 0.05) is 4.47 Å². The van der Waals surface area contributed by atoms with Crippen molar-refractivity contribution < 1.29 is 4.74 Å². The average Bonchev–Trinajstić information content (AvgIpc) is 2.44. The Morgan fingerprint density at radius 3 is 2.55 bits per heavy atom. The van der Waals surface area contributed by atoms with Crippen LogP contribution in [0.1, 0.15) is 24.1 Å². The molecule has 0 bridgehead atoms. The van der Waals surface area contributed by atoms with Crippen LogP contribution in [0.4, 0.5) is 0 Å². The van der Waals surface area contributed by atoms with Crippen LogP contribution in [0.3, 0.4) is 0 Å². The molecular formula is C16H17BrClNO. The first-order chi connectivity index (χ1) is 9.65. The predicted molar refractivity (Wildman–Crippen MR) is 87.7 cm³/mol. The minimum Gasteiger partial charge on any atom is -0.495 e. The minimum absolute atomic E-state index is 0.112. The first-order valence-corrected chi connectivity index (χ1v) is 7.65. The summed E-state index contributed by atoms with van der Waals surface area (Å²) in [5.74, 6) is 0.694. The van der Waals surface area contributed by atoms with Crippen LogP contribution < -0.4 is 10.1 Å². The third-order valence-electron chi connectivity index (χ3n) is 3.10. The molecule has 1 atom stereocenters. The molecule has 2 rings (SSSR count). The van der Waals surface area contributed by atoms with E-state index in [2.05, 4.69) is 40.3 Å². The zero-order valence-electron chi connectivity index (χ0n) is 11.5. The highest BCUT2D eigenvalue weighted by Gasteiger charge is 2.14. The normalized spacial score (nSPS) is 12.2. The van der Waals surface area contributed by atoms with Crippen LogP contribution in [0.25, 0.3) is 0 Å². The summed E-state index contributed by atoms with van der Waals surface area (Å²) in [5, 5.41) is 4.11. The highest BCUT2D eigenvalue weighted by Crippen LogP contribution is 2.31. The Morgan fingerprint density at radius 2 is 1.95 bits per heavy atom. The van der Waals surface area contributed by atoms with Gasteiger partial charge in [0.15, 0.2) is 0 Å². The molecule has 20 heavy (non-hydrogen) atoms. The standard InChI is InChI=1S/C16H17BrClNO/c1-3-19-16(11-5-4-6-13(17)9-11)12-7-8-15(20-2)14(18)10-12/h4-10,16,19H,3H2,1-2H3. The first kappa shape index (κ1) is 15.4. The van der Waals surface area contributed by atoms with E-state index in [1.807, 2.05) is 30.3 Å². The minimum atomic E-state index is 0.112. The van der Waals surface area contributed by atoms with Gasteiger partial charge in [-0.2, -0.15) is 0 Å². The Balaban J connectivity index is 2.40. The van der Waals surface area contributed by atoms with Crippen molar-refractivity contribution in [1.29, 1.82) is 0 Å². The molecular weight excluding hydrogens is 338 g/mol. The lowest BCUT2D eigenvalue weighted by Gasteiger charge is -2.20. The van der Waals surface area contributed by atoms with Crippen molar-refractivity contribution in [2.45, 2.75) is 13.0 Å². The molecule has 1 N–H and O–H groups in total. The largest absolute Gasteiger partial charge is 0.495 e. The molecule has 2 nitrogen and oxygen atoms in total. The van der Waals surface area contributed by atoms with E-state index in [-0.39, 0.29) is 6.04 Å². The van der Waals surface area contributed by atoms with Crippen molar-refractivity contribution in [2.75, 3.05) is 13.7 Å². The molecule has 0 saturated heterocycles. The van der Waals surface area contributed by atoms with Crippen LogP contribution in [0.5, 0.6) is 5.75 Å². The molecule has 0 amide bonds. The van der Waals surface area contributed by atoms with Crippen molar-refractivity contribution in [3.63, 3.8) is 0 Å². The van der Waals surface area contributed by atoms with Gasteiger partial charge in [0.1, 0.15) is 5.75 Å². The Morgan fingerprint density at radius 1 is 1.20 bits per heavy atom. The molecule has 0 aromatic heterocycles. The second-order valence-corrected chi connectivity index (χ2v) is 5.76. The van der Waals surface area contributed by atoms with E-state index in [0.717, 1.165) is 16.6 Å². The third kappa shape index (κ3) is 3.54. The van der Waals surface area contributed by atoms with Gasteiger partial charge in [-0.3, -0.25) is 0 Å². The second kappa shape index (κ2) is 7.11. The van der Waals surface area contributed by atoms with E-state index >= 15 is 0 Å². The highest BCUT2D eigenvalue weighted by atomic mass is 79.9. The highest BCUT2D eigenvalue weighted by molar-refractivity contribution is 9.10. The zero-order valence-corrected chi connectivity index (χ0v) is 13.8. The number of hydrogen-bond acceptors (Lipinski definition) is 2. The summed E-state index contributed by atoms with van der Waals surface area (Å²) in [7, 11) is 1.62. The SMILES string of the molecule is CCNC(c1cccc(Br)c1)c1ccc(OC)c(Cl)c1. The van der Waals surface area contributed by atoms with E-state index in [9.17, 15) is 0 Å². The summed E-state index contributed by atoms with van der Waals surface area (Å²) in [5.41, 5.74) is 2.32. The Bertz CT molecular complexity index is 588. The van der Waals surface area contributed by atoms with Crippen molar-refractivity contribution >= 4 is 27.5 Å². The van der Waals surface area contributed by atoms with Crippen LogP contribution in [0.15, 0.2) is 46.9 Å². The number of benzene rings is 2. The Hall–Kier alpha value is -1.03. The fourth-order valence-electron chi connectivity index (χ4n) is 2.18. The van der Waals surface area contributed by atoms with Crippen molar-refractivity contribution in [3.05, 3.63) is 63.1 Å². The third-order valence-corrected chi connectivity index (χ3v) is 3.89. The van der Waals surface area contributed by atoms with Crippen LogP contribution in [-0.4, -0.2) is 13.7 Å². The van der Waals surface area contributed by atoms with Gasteiger partial charge in [-0.05, 0) is 41.9 Å². The number of rotatable bonds is 5. The molecule has 0 heterocycles. The fourth-order valence-corrected chi connectivity index (χ4v) is 2.86. The lowest BCUT2D eigenvalue weighted by atomic mass is 9.98. The van der Waals surface area contributed by atoms with Crippen molar-refractivity contribution in [3.8, 4) is 5.75 Å². The van der Waals surface area contributed by atoms with E-state index in [0.29, 0.717) is 10.8 Å². The number of ether oxygens (including phenoxy) is 1. The smallest absolute Gasteiger partial charge is 0.137 e. The van der Waals surface area contributed by atoms with Gasteiger partial charge >= 0.3 is 0 Å². The number of halogens is 2. The fraction of sp³-hybridized carbons (Fsp3) is 0.250. The predicted octanol–water partition coefficient (Wildman–Crippen LogP) is 4.81. The van der Waals surface area contributed by atoms with Gasteiger partial charge in [-0.15, -0.1) is 0 Å². The van der Waals surface area contributed by atoms with Crippen LogP contribution >= 0.6 is 27.5 Å². The van der Waals surface area contributed by atoms with Crippen LogP contribution in [0, 0.1) is 0 Å². The summed E-state index contributed by atoms with van der Waals surface area (Å²) >= 11 is 9.75. The summed E-state index contributed by atoms with van der Waals surface area (Å²) in [4.78, 5) is 0. The Labute approximate surface area is 133 Å². The number of hydrogen-bond donors (Lipinski definition) is 1. The van der Waals surface area contributed by atoms with E-state index in [1.165, 1.54) is 5.56 Å². The lowest BCUT2D eigenvalue weighted by molar-refractivity contribution is 0.414. The summed E-state index contributed by atoms with van der Waals surface area (Å²) < 4.78 is 6.27. The molecule has 1 unspecified atom stereocenters. The molecule has 0 spiro atoms. The summed E-state index contributed by atoms with van der Waals surface area (Å²) in [6.45, 7) is 2.97. The molecule has 0 radical (unpaired) electrons. The maximum absolute atomic E-state index is 6.23. The second-order valence-electron chi connectivity index (χ2n) is 4.44. The molecule has 0 fully saturated rings. The van der Waals surface area contributed by atoms with E-state index < -0.39 is 0 Å². The van der Waals surface area contributed by atoms with E-state index in [4.69, 9.17) is 16.3 Å². The monoisotopic (exact) mass is 353 g/mol. The molecule has 106 valence electrons. The van der Waals surface area contributed by atoms with Gasteiger partial charge in [0.25, 0.3) is 0 Å². The van der Waals surface area contributed by atoms with Crippen molar-refractivity contribution in [2.24, 2.45) is 0 Å². The lowest BCUT2D eigenvalue weighted by Crippen LogP contribution is -2.22. The van der Waals surface area contributed by atoms with Gasteiger partial charge in [-0.25, -0.2) is 0 Å². The molecule has 0 aliphatic heterocycles. The maximum Gasteiger partial charge on any atom is 0.137 e. The molecule has 4 heteroatoms. The Kier molecular flexibility index (Phi) is 5.46. The molecule has 0 aliphatic rings. The molecule has 2 aromatic rings. The van der Waals surface area contributed by atoms with Crippen molar-refractivity contribution in [1.82, 2.24) is 5.32 Å². The number of nitrogens with one attached hydrogen (secondary N) is 1. The summed E-state index contributed by atoms with van der Waals surface area (Å²) in [6.07, 6.45) is 0. The number of methoxy groups -OCH3 is 1. The summed E-state index contributed by atoms with van der Waals surface area (Å²) in [6, 6.07) is 14.3. The average molecular weight is 355 g/mol. The van der Waals surface area contributed by atoms with E-state index in [1.54, 1.807) is 7.11 Å². The van der Waals surface area contributed by atoms with Crippen LogP contribution in [-0.2, 0) is 0 Å². The van der Waals surface area contributed by atoms with Gasteiger partial charge < -0.3 is 10.1 Å². The molecule has 2 aromatic carbocycles. The molecule has 0 saturated carbocycles. The van der Waals surface area contributed by atoms with Gasteiger partial charge in [-0.1, -0.05) is 52.7 Å². The maximum atomic E-state index is 6.23. The zero-order chi connectivity index (χ0) is 14.5. The van der Waals surface area contributed by atoms with Gasteiger partial charge in [0.05, 0.1) is 18.2 Å². The van der Waals surface area contributed by atoms with Gasteiger partial charge in [0.2, 0.25) is 0 Å². The quantitative estimate of drug-likeness (QED) is 0.832. The first-order valence-electron chi connectivity index (χ1n) is 6.48.